The van der Waals surface area contributed by atoms with Crippen molar-refractivity contribution >= 4 is 45.7 Å². The van der Waals surface area contributed by atoms with Crippen LogP contribution in [-0.2, 0) is 27.3 Å². The molecule has 0 bridgehead atoms. The van der Waals surface area contributed by atoms with Gasteiger partial charge in [0.2, 0.25) is 17.7 Å². The molecule has 8 nitrogen and oxygen atoms in total. The smallest absolute Gasteiger partial charge is 0.256 e. The molecule has 0 atom stereocenters. The molecule has 152 valence electrons. The van der Waals surface area contributed by atoms with Gasteiger partial charge in [0.05, 0.1) is 17.8 Å². The first kappa shape index (κ1) is 19.8. The van der Waals surface area contributed by atoms with Crippen LogP contribution in [0.3, 0.4) is 0 Å². The van der Waals surface area contributed by atoms with Crippen LogP contribution in [0.2, 0.25) is 0 Å². The number of nitrogens with zero attached hydrogens (tertiary/aromatic N) is 3. The summed E-state index contributed by atoms with van der Waals surface area (Å²) in [4.78, 5) is 51.8. The molecule has 9 heteroatoms. The van der Waals surface area contributed by atoms with Crippen molar-refractivity contribution in [3.05, 3.63) is 45.8 Å². The number of carbonyl (C=O) groups excluding carboxylic acids is 4. The molecular formula is C21H18N4O4S. The maximum Gasteiger partial charge on any atom is 0.256 e. The fourth-order valence-electron chi connectivity index (χ4n) is 3.68. The lowest BCUT2D eigenvalue weighted by molar-refractivity contribution is -0.129. The molecule has 0 saturated carbocycles. The summed E-state index contributed by atoms with van der Waals surface area (Å²) < 4.78 is 0. The molecule has 30 heavy (non-hydrogen) atoms. The van der Waals surface area contributed by atoms with Gasteiger partial charge in [0, 0.05) is 36.8 Å². The van der Waals surface area contributed by atoms with Gasteiger partial charge in [-0.3, -0.25) is 24.1 Å². The van der Waals surface area contributed by atoms with Crippen molar-refractivity contribution in [3.63, 3.8) is 0 Å². The standard InChI is InChI=1S/C21H18N4O4S/c1-12(26)24-9-8-15-16(10-22)21(30-17(15)11-24)23-20(29)13-2-4-14(5-3-13)25-18(27)6-7-19(25)28/h2-5H,6-9,11H2,1H3,(H,23,29). The Labute approximate surface area is 176 Å². The van der Waals surface area contributed by atoms with E-state index in [0.29, 0.717) is 41.3 Å². The van der Waals surface area contributed by atoms with Gasteiger partial charge in [-0.25, -0.2) is 0 Å². The molecule has 1 saturated heterocycles. The van der Waals surface area contributed by atoms with E-state index >= 15 is 0 Å². The molecule has 0 unspecified atom stereocenters. The summed E-state index contributed by atoms with van der Waals surface area (Å²) in [6.07, 6.45) is 0.973. The normalized spacial score (nSPS) is 15.7. The van der Waals surface area contributed by atoms with Gasteiger partial charge < -0.3 is 10.2 Å². The molecule has 0 spiro atoms. The van der Waals surface area contributed by atoms with Crippen LogP contribution in [0.1, 0.15) is 46.1 Å². The minimum absolute atomic E-state index is 0.0202. The number of imide groups is 1. The zero-order chi connectivity index (χ0) is 21.4. The second-order valence-electron chi connectivity index (χ2n) is 7.13. The molecule has 1 N–H and O–H groups in total. The highest BCUT2D eigenvalue weighted by atomic mass is 32.1. The lowest BCUT2D eigenvalue weighted by Gasteiger charge is -2.25. The number of hydrogen-bond acceptors (Lipinski definition) is 6. The van der Waals surface area contributed by atoms with Gasteiger partial charge in [0.25, 0.3) is 5.91 Å². The van der Waals surface area contributed by atoms with Gasteiger partial charge in [-0.15, -0.1) is 11.3 Å². The third kappa shape index (κ3) is 3.46. The largest absolute Gasteiger partial charge is 0.337 e. The second kappa shape index (κ2) is 7.72. The van der Waals surface area contributed by atoms with Gasteiger partial charge in [-0.05, 0) is 36.2 Å². The number of amides is 4. The van der Waals surface area contributed by atoms with Crippen LogP contribution in [0.5, 0.6) is 0 Å². The molecule has 4 rings (SSSR count). The Morgan fingerprint density at radius 2 is 1.77 bits per heavy atom. The minimum Gasteiger partial charge on any atom is -0.337 e. The van der Waals surface area contributed by atoms with E-state index in [1.807, 2.05) is 0 Å². The van der Waals surface area contributed by atoms with E-state index in [0.717, 1.165) is 15.3 Å². The average molecular weight is 422 g/mol. The number of anilines is 2. The van der Waals surface area contributed by atoms with Crippen molar-refractivity contribution in [3.8, 4) is 6.07 Å². The molecule has 1 aromatic heterocycles. The van der Waals surface area contributed by atoms with E-state index < -0.39 is 0 Å². The highest BCUT2D eigenvalue weighted by Gasteiger charge is 2.30. The molecule has 2 aliphatic rings. The molecule has 4 amide bonds. The highest BCUT2D eigenvalue weighted by molar-refractivity contribution is 7.16. The van der Waals surface area contributed by atoms with Crippen molar-refractivity contribution in [2.24, 2.45) is 0 Å². The molecule has 0 radical (unpaired) electrons. The first-order chi connectivity index (χ1) is 14.4. The molecule has 0 aliphatic carbocycles. The number of nitriles is 1. The fraction of sp³-hybridized carbons (Fsp3) is 0.286. The van der Waals surface area contributed by atoms with Gasteiger partial charge in [0.15, 0.2) is 0 Å². The molecular weight excluding hydrogens is 404 g/mol. The zero-order valence-electron chi connectivity index (χ0n) is 16.2. The number of fused-ring (bicyclic) bond motifs is 1. The first-order valence-corrected chi connectivity index (χ1v) is 10.3. The van der Waals surface area contributed by atoms with Crippen LogP contribution in [-0.4, -0.2) is 35.1 Å². The van der Waals surface area contributed by atoms with Crippen LogP contribution in [0.25, 0.3) is 0 Å². The van der Waals surface area contributed by atoms with Crippen molar-refractivity contribution in [2.75, 3.05) is 16.8 Å². The summed E-state index contributed by atoms with van der Waals surface area (Å²) in [7, 11) is 0. The van der Waals surface area contributed by atoms with Crippen LogP contribution in [0.15, 0.2) is 24.3 Å². The van der Waals surface area contributed by atoms with Crippen LogP contribution < -0.4 is 10.2 Å². The van der Waals surface area contributed by atoms with E-state index in [4.69, 9.17) is 0 Å². The SMILES string of the molecule is CC(=O)N1CCc2c(sc(NC(=O)c3ccc(N4C(=O)CCC4=O)cc3)c2C#N)C1. The van der Waals surface area contributed by atoms with Crippen LogP contribution in [0, 0.1) is 11.3 Å². The number of hydrogen-bond donors (Lipinski definition) is 1. The van der Waals surface area contributed by atoms with Gasteiger partial charge in [-0.1, -0.05) is 0 Å². The predicted molar refractivity (Wildman–Crippen MR) is 110 cm³/mol. The number of carbonyl (C=O) groups is 4. The van der Waals surface area contributed by atoms with Gasteiger partial charge in [-0.2, -0.15) is 5.26 Å². The van der Waals surface area contributed by atoms with Crippen LogP contribution in [0.4, 0.5) is 10.7 Å². The quantitative estimate of drug-likeness (QED) is 0.764. The van der Waals surface area contributed by atoms with Crippen molar-refractivity contribution < 1.29 is 19.2 Å². The Morgan fingerprint density at radius 3 is 2.37 bits per heavy atom. The summed E-state index contributed by atoms with van der Waals surface area (Å²) >= 11 is 1.31. The van der Waals surface area contributed by atoms with Crippen molar-refractivity contribution in [2.45, 2.75) is 32.7 Å². The lowest BCUT2D eigenvalue weighted by Crippen LogP contribution is -2.33. The third-order valence-electron chi connectivity index (χ3n) is 5.28. The van der Waals surface area contributed by atoms with E-state index in [2.05, 4.69) is 11.4 Å². The summed E-state index contributed by atoms with van der Waals surface area (Å²) in [6, 6.07) is 8.38. The molecule has 1 aromatic carbocycles. The van der Waals surface area contributed by atoms with E-state index in [9.17, 15) is 24.4 Å². The Hall–Kier alpha value is -3.51. The monoisotopic (exact) mass is 422 g/mol. The molecule has 3 heterocycles. The molecule has 1 fully saturated rings. The van der Waals surface area contributed by atoms with Crippen molar-refractivity contribution in [1.29, 1.82) is 5.26 Å². The number of benzene rings is 1. The Balaban J connectivity index is 1.53. The molecule has 2 aliphatic heterocycles. The highest BCUT2D eigenvalue weighted by Crippen LogP contribution is 2.37. The maximum atomic E-state index is 12.7. The zero-order valence-corrected chi connectivity index (χ0v) is 17.0. The van der Waals surface area contributed by atoms with E-state index in [1.54, 1.807) is 29.2 Å². The molecule has 2 aromatic rings. The lowest BCUT2D eigenvalue weighted by atomic mass is 10.0. The van der Waals surface area contributed by atoms with Gasteiger partial charge >= 0.3 is 0 Å². The minimum atomic E-state index is -0.390. The fourth-order valence-corrected chi connectivity index (χ4v) is 4.89. The maximum absolute atomic E-state index is 12.7. The third-order valence-corrected chi connectivity index (χ3v) is 6.41. The number of thiophene rings is 1. The van der Waals surface area contributed by atoms with E-state index in [-0.39, 0.29) is 36.5 Å². The Bertz CT molecular complexity index is 1100. The predicted octanol–water partition coefficient (Wildman–Crippen LogP) is 2.43. The van der Waals surface area contributed by atoms with Crippen molar-refractivity contribution in [1.82, 2.24) is 4.90 Å². The van der Waals surface area contributed by atoms with Crippen LogP contribution >= 0.6 is 11.3 Å². The van der Waals surface area contributed by atoms with E-state index in [1.165, 1.54) is 18.3 Å². The summed E-state index contributed by atoms with van der Waals surface area (Å²) in [5.74, 6) is -0.911. The average Bonchev–Trinajstić information content (AvgIpc) is 3.25. The number of rotatable bonds is 3. The van der Waals surface area contributed by atoms with Gasteiger partial charge in [0.1, 0.15) is 11.1 Å². The summed E-state index contributed by atoms with van der Waals surface area (Å²) in [6.45, 7) is 2.50. The Morgan fingerprint density at radius 1 is 1.10 bits per heavy atom. The second-order valence-corrected chi connectivity index (χ2v) is 8.24. The summed E-state index contributed by atoms with van der Waals surface area (Å²) in [5.41, 5.74) is 2.11. The first-order valence-electron chi connectivity index (χ1n) is 9.46. The summed E-state index contributed by atoms with van der Waals surface area (Å²) in [5, 5.41) is 12.8. The topological polar surface area (TPSA) is 111 Å². The Kier molecular flexibility index (Phi) is 5.10. The number of nitrogens with one attached hydrogen (secondary N) is 1.